The van der Waals surface area contributed by atoms with Crippen molar-refractivity contribution in [2.75, 3.05) is 64.7 Å². The molecule has 1 amide bonds. The molecule has 2 atom stereocenters. The third-order valence-corrected chi connectivity index (χ3v) is 8.32. The number of methoxy groups -OCH3 is 1. The number of carbonyl (C=O) groups is 1. The molecule has 12 nitrogen and oxygen atoms in total. The molecule has 0 saturated carbocycles. The summed E-state index contributed by atoms with van der Waals surface area (Å²) < 4.78 is 29.7. The summed E-state index contributed by atoms with van der Waals surface area (Å²) >= 11 is 0. The summed E-state index contributed by atoms with van der Waals surface area (Å²) in [5, 5.41) is 22.9. The Kier molecular flexibility index (Phi) is 13.5. The van der Waals surface area contributed by atoms with E-state index in [4.69, 9.17) is 23.7 Å². The van der Waals surface area contributed by atoms with Crippen LogP contribution < -0.4 is 10.2 Å². The van der Waals surface area contributed by atoms with Crippen LogP contribution in [-0.4, -0.2) is 93.1 Å². The number of fused-ring (bicyclic) bond motifs is 1. The molecule has 3 aromatic rings. The van der Waals surface area contributed by atoms with E-state index in [1.807, 2.05) is 30.5 Å². The molecule has 0 bridgehead atoms. The first kappa shape index (κ1) is 34.5. The maximum absolute atomic E-state index is 12.6. The van der Waals surface area contributed by atoms with Gasteiger partial charge in [-0.05, 0) is 79.1 Å². The van der Waals surface area contributed by atoms with Crippen LogP contribution in [0.25, 0.3) is 16.8 Å². The monoisotopic (exact) mass is 646 g/mol. The molecule has 2 saturated heterocycles. The summed E-state index contributed by atoms with van der Waals surface area (Å²) in [6.45, 7) is 5.43. The predicted molar refractivity (Wildman–Crippen MR) is 177 cm³/mol. The van der Waals surface area contributed by atoms with E-state index >= 15 is 0 Å². The van der Waals surface area contributed by atoms with E-state index in [0.717, 1.165) is 54.4 Å². The number of nitriles is 1. The first-order valence-electron chi connectivity index (χ1n) is 16.6. The van der Waals surface area contributed by atoms with Crippen LogP contribution in [0.1, 0.15) is 49.8 Å². The molecule has 0 aliphatic carbocycles. The van der Waals surface area contributed by atoms with Crippen LogP contribution in [0.2, 0.25) is 0 Å². The van der Waals surface area contributed by atoms with Crippen molar-refractivity contribution in [3.05, 3.63) is 59.4 Å². The number of carbonyl (C=O) groups excluding carboxylic acids is 1. The van der Waals surface area contributed by atoms with Gasteiger partial charge in [0.2, 0.25) is 0 Å². The zero-order valence-electron chi connectivity index (χ0n) is 27.3. The van der Waals surface area contributed by atoms with Crippen molar-refractivity contribution in [2.45, 2.75) is 64.1 Å². The topological polar surface area (TPSA) is 133 Å². The van der Waals surface area contributed by atoms with Gasteiger partial charge >= 0.3 is 0 Å². The van der Waals surface area contributed by atoms with E-state index < -0.39 is 5.91 Å². The molecule has 2 aliphatic rings. The van der Waals surface area contributed by atoms with Crippen LogP contribution in [0.5, 0.6) is 0 Å². The van der Waals surface area contributed by atoms with Crippen molar-refractivity contribution in [2.24, 2.45) is 0 Å². The van der Waals surface area contributed by atoms with Gasteiger partial charge in [0, 0.05) is 32.4 Å². The Hall–Kier alpha value is -3.86. The SMILES string of the molecule is COC1CCCC(Cn2cc(COCCOCCOCCNC(=O)/C(C#N)=C/c3ccc4cc(N5CCCCC5)ccc4c3)nn2)O1. The first-order valence-corrected chi connectivity index (χ1v) is 16.6. The van der Waals surface area contributed by atoms with Crippen LogP contribution in [0.15, 0.2) is 48.2 Å². The summed E-state index contributed by atoms with van der Waals surface area (Å²) in [6.07, 6.45) is 10.2. The van der Waals surface area contributed by atoms with Gasteiger partial charge in [0.05, 0.1) is 58.5 Å². The molecule has 0 radical (unpaired) electrons. The Morgan fingerprint density at radius 1 is 1.00 bits per heavy atom. The van der Waals surface area contributed by atoms with E-state index in [9.17, 15) is 10.1 Å². The van der Waals surface area contributed by atoms with Gasteiger partial charge in [-0.3, -0.25) is 4.79 Å². The third-order valence-electron chi connectivity index (χ3n) is 8.32. The van der Waals surface area contributed by atoms with E-state index in [1.54, 1.807) is 17.9 Å². The summed E-state index contributed by atoms with van der Waals surface area (Å²) in [7, 11) is 1.67. The Bertz CT molecular complexity index is 1500. The number of amides is 1. The fraction of sp³-hybridized carbons (Fsp3) is 0.543. The van der Waals surface area contributed by atoms with E-state index in [2.05, 4.69) is 38.7 Å². The molecule has 3 heterocycles. The van der Waals surface area contributed by atoms with Crippen molar-refractivity contribution in [3.8, 4) is 6.07 Å². The molecule has 0 spiro atoms. The Balaban J connectivity index is 0.914. The Morgan fingerprint density at radius 2 is 1.77 bits per heavy atom. The molecular weight excluding hydrogens is 600 g/mol. The largest absolute Gasteiger partial charge is 0.377 e. The quantitative estimate of drug-likeness (QED) is 0.129. The number of anilines is 1. The minimum Gasteiger partial charge on any atom is -0.377 e. The van der Waals surface area contributed by atoms with Crippen LogP contribution in [0, 0.1) is 11.3 Å². The second-order valence-electron chi connectivity index (χ2n) is 11.8. The van der Waals surface area contributed by atoms with Crippen LogP contribution in [-0.2, 0) is 41.6 Å². The van der Waals surface area contributed by atoms with Gasteiger partial charge in [-0.2, -0.15) is 5.26 Å². The zero-order chi connectivity index (χ0) is 32.7. The number of hydrogen-bond acceptors (Lipinski definition) is 10. The zero-order valence-corrected chi connectivity index (χ0v) is 27.3. The Labute approximate surface area is 276 Å². The van der Waals surface area contributed by atoms with Crippen molar-refractivity contribution in [1.29, 1.82) is 5.26 Å². The maximum atomic E-state index is 12.6. The molecule has 1 N–H and O–H groups in total. The van der Waals surface area contributed by atoms with Crippen molar-refractivity contribution >= 4 is 28.4 Å². The smallest absolute Gasteiger partial charge is 0.262 e. The minimum atomic E-state index is -0.424. The second-order valence-corrected chi connectivity index (χ2v) is 11.8. The average molecular weight is 647 g/mol. The average Bonchev–Trinajstić information content (AvgIpc) is 3.56. The molecule has 252 valence electrons. The molecule has 2 fully saturated rings. The van der Waals surface area contributed by atoms with Gasteiger partial charge in [0.25, 0.3) is 5.91 Å². The highest BCUT2D eigenvalue weighted by Crippen LogP contribution is 2.26. The second kappa shape index (κ2) is 18.5. The first-order chi connectivity index (χ1) is 23.1. The molecule has 12 heteroatoms. The van der Waals surface area contributed by atoms with Crippen molar-refractivity contribution in [3.63, 3.8) is 0 Å². The Morgan fingerprint density at radius 3 is 2.57 bits per heavy atom. The minimum absolute atomic E-state index is 0.0543. The molecular formula is C35H46N6O6. The molecule has 2 aromatic carbocycles. The van der Waals surface area contributed by atoms with Crippen molar-refractivity contribution in [1.82, 2.24) is 20.3 Å². The fourth-order valence-electron chi connectivity index (χ4n) is 5.83. The third kappa shape index (κ3) is 10.8. The summed E-state index contributed by atoms with van der Waals surface area (Å²) in [5.41, 5.74) is 2.86. The van der Waals surface area contributed by atoms with Crippen molar-refractivity contribution < 1.29 is 28.5 Å². The van der Waals surface area contributed by atoms with Crippen LogP contribution >= 0.6 is 0 Å². The van der Waals surface area contributed by atoms with Crippen LogP contribution in [0.4, 0.5) is 5.69 Å². The molecule has 47 heavy (non-hydrogen) atoms. The number of ether oxygens (including phenoxy) is 5. The van der Waals surface area contributed by atoms with E-state index in [0.29, 0.717) is 52.7 Å². The number of benzene rings is 2. The molecule has 5 rings (SSSR count). The maximum Gasteiger partial charge on any atom is 0.262 e. The number of hydrogen-bond donors (Lipinski definition) is 1. The van der Waals surface area contributed by atoms with E-state index in [1.165, 1.54) is 24.9 Å². The molecule has 2 aliphatic heterocycles. The molecule has 2 unspecified atom stereocenters. The lowest BCUT2D eigenvalue weighted by molar-refractivity contribution is -0.183. The summed E-state index contributed by atoms with van der Waals surface area (Å²) in [4.78, 5) is 15.0. The van der Waals surface area contributed by atoms with Gasteiger partial charge in [0.15, 0.2) is 6.29 Å². The predicted octanol–water partition coefficient (Wildman–Crippen LogP) is 4.24. The van der Waals surface area contributed by atoms with Gasteiger partial charge < -0.3 is 33.9 Å². The highest BCUT2D eigenvalue weighted by atomic mass is 16.7. The van der Waals surface area contributed by atoms with Gasteiger partial charge in [-0.1, -0.05) is 23.4 Å². The van der Waals surface area contributed by atoms with Gasteiger partial charge in [-0.15, -0.1) is 5.10 Å². The number of nitrogens with zero attached hydrogens (tertiary/aromatic N) is 5. The van der Waals surface area contributed by atoms with Gasteiger partial charge in [-0.25, -0.2) is 4.68 Å². The fourth-order valence-corrected chi connectivity index (χ4v) is 5.83. The summed E-state index contributed by atoms with van der Waals surface area (Å²) in [6, 6.07) is 14.5. The highest BCUT2D eigenvalue weighted by molar-refractivity contribution is 6.02. The van der Waals surface area contributed by atoms with E-state index in [-0.39, 0.29) is 18.0 Å². The number of piperidine rings is 1. The number of nitrogens with one attached hydrogen (secondary N) is 1. The van der Waals surface area contributed by atoms with Crippen LogP contribution in [0.3, 0.4) is 0 Å². The summed E-state index contributed by atoms with van der Waals surface area (Å²) in [5.74, 6) is -0.424. The normalized spacial score (nSPS) is 18.7. The number of aromatic nitrogens is 3. The standard InChI is InChI=1S/C35H46N6O6/c1-43-34-7-5-6-33(47-34)25-41-24-31(38-39-41)26-46-19-18-45-17-16-44-15-12-37-35(42)30(23-36)21-27-8-9-29-22-32(11-10-28(29)20-27)40-13-3-2-4-14-40/h8-11,20-22,24,33-34H,2-7,12-19,25-26H2,1H3,(H,37,42)/b30-21+. The lowest BCUT2D eigenvalue weighted by atomic mass is 10.0. The van der Waals surface area contributed by atoms with Gasteiger partial charge in [0.1, 0.15) is 17.3 Å². The number of rotatable bonds is 17. The highest BCUT2D eigenvalue weighted by Gasteiger charge is 2.22. The lowest BCUT2D eigenvalue weighted by Crippen LogP contribution is -2.32. The molecule has 1 aromatic heterocycles. The lowest BCUT2D eigenvalue weighted by Gasteiger charge is -2.29.